The maximum Gasteiger partial charge on any atom is 0.416 e. The van der Waals surface area contributed by atoms with Crippen LogP contribution in [-0.2, 0) is 12.7 Å². The molecule has 0 saturated carbocycles. The molecule has 0 fully saturated rings. The Hall–Kier alpha value is -2.87. The van der Waals surface area contributed by atoms with Crippen LogP contribution in [0, 0.1) is 6.92 Å². The van der Waals surface area contributed by atoms with E-state index in [1.165, 1.54) is 6.07 Å². The molecule has 0 radical (unpaired) electrons. The van der Waals surface area contributed by atoms with Crippen molar-refractivity contribution in [2.45, 2.75) is 19.6 Å². The molecule has 0 aliphatic heterocycles. The molecular weight excluding hydrogens is 379 g/mol. The fourth-order valence-electron chi connectivity index (χ4n) is 2.33. The van der Waals surface area contributed by atoms with Crippen molar-refractivity contribution in [2.24, 2.45) is 0 Å². The van der Waals surface area contributed by atoms with E-state index in [9.17, 15) is 13.2 Å². The molecule has 0 saturated heterocycles. The predicted octanol–water partition coefficient (Wildman–Crippen LogP) is 5.21. The van der Waals surface area contributed by atoms with E-state index in [0.29, 0.717) is 24.0 Å². The normalized spacial score (nSPS) is 11.3. The molecule has 5 nitrogen and oxygen atoms in total. The summed E-state index contributed by atoms with van der Waals surface area (Å²) in [5.74, 6) is 0.679. The SMILES string of the molecule is Cc1cc(Nc2cc(C(F)(F)F)ccc2Cl)nc(NCc2ccncc2)n1. The second-order valence-corrected chi connectivity index (χ2v) is 6.15. The Labute approximate surface area is 158 Å². The van der Waals surface area contributed by atoms with Gasteiger partial charge >= 0.3 is 6.18 Å². The summed E-state index contributed by atoms with van der Waals surface area (Å²) in [5, 5.41) is 6.06. The zero-order chi connectivity index (χ0) is 19.4. The van der Waals surface area contributed by atoms with Crippen LogP contribution in [0.5, 0.6) is 0 Å². The second kappa shape index (κ2) is 7.79. The largest absolute Gasteiger partial charge is 0.416 e. The average molecular weight is 394 g/mol. The number of anilines is 3. The minimum atomic E-state index is -4.46. The fourth-order valence-corrected chi connectivity index (χ4v) is 2.49. The molecule has 0 bridgehead atoms. The summed E-state index contributed by atoms with van der Waals surface area (Å²) in [6.07, 6.45) is -1.10. The van der Waals surface area contributed by atoms with Crippen molar-refractivity contribution >= 4 is 29.1 Å². The number of nitrogens with zero attached hydrogens (tertiary/aromatic N) is 3. The van der Waals surface area contributed by atoms with Gasteiger partial charge in [-0.15, -0.1) is 0 Å². The summed E-state index contributed by atoms with van der Waals surface area (Å²) >= 11 is 6.02. The third kappa shape index (κ3) is 5.07. The highest BCUT2D eigenvalue weighted by Gasteiger charge is 2.31. The fraction of sp³-hybridized carbons (Fsp3) is 0.167. The van der Waals surface area contributed by atoms with Crippen molar-refractivity contribution in [1.29, 1.82) is 0 Å². The Balaban J connectivity index is 1.80. The average Bonchev–Trinajstić information content (AvgIpc) is 2.61. The van der Waals surface area contributed by atoms with Gasteiger partial charge < -0.3 is 10.6 Å². The topological polar surface area (TPSA) is 62.7 Å². The molecule has 3 aromatic rings. The first-order valence-corrected chi connectivity index (χ1v) is 8.31. The summed E-state index contributed by atoms with van der Waals surface area (Å²) < 4.78 is 38.8. The van der Waals surface area contributed by atoms with Crippen LogP contribution in [0.25, 0.3) is 0 Å². The van der Waals surface area contributed by atoms with E-state index in [2.05, 4.69) is 25.6 Å². The van der Waals surface area contributed by atoms with Crippen LogP contribution in [0.1, 0.15) is 16.8 Å². The third-order valence-electron chi connectivity index (χ3n) is 3.61. The van der Waals surface area contributed by atoms with Crippen LogP contribution in [0.3, 0.4) is 0 Å². The van der Waals surface area contributed by atoms with E-state index in [1.807, 2.05) is 12.1 Å². The minimum absolute atomic E-state index is 0.115. The van der Waals surface area contributed by atoms with Gasteiger partial charge in [-0.05, 0) is 42.8 Å². The van der Waals surface area contributed by atoms with Gasteiger partial charge in [0.15, 0.2) is 0 Å². The first-order valence-electron chi connectivity index (χ1n) is 7.93. The number of alkyl halides is 3. The highest BCUT2D eigenvalue weighted by molar-refractivity contribution is 6.33. The maximum atomic E-state index is 12.9. The Morgan fingerprint density at radius 3 is 2.48 bits per heavy atom. The molecule has 0 unspecified atom stereocenters. The molecule has 0 atom stereocenters. The van der Waals surface area contributed by atoms with Crippen molar-refractivity contribution in [3.63, 3.8) is 0 Å². The lowest BCUT2D eigenvalue weighted by Gasteiger charge is -2.13. The number of nitrogens with one attached hydrogen (secondary N) is 2. The molecular formula is C18H15ClF3N5. The van der Waals surface area contributed by atoms with Crippen LogP contribution in [0.15, 0.2) is 48.8 Å². The Bertz CT molecular complexity index is 932. The van der Waals surface area contributed by atoms with Crippen molar-refractivity contribution in [1.82, 2.24) is 15.0 Å². The maximum absolute atomic E-state index is 12.9. The molecule has 2 N–H and O–H groups in total. The van der Waals surface area contributed by atoms with E-state index >= 15 is 0 Å². The number of hydrogen-bond donors (Lipinski definition) is 2. The van der Waals surface area contributed by atoms with Gasteiger partial charge in [-0.1, -0.05) is 11.6 Å². The van der Waals surface area contributed by atoms with Crippen LogP contribution in [0.4, 0.5) is 30.6 Å². The van der Waals surface area contributed by atoms with Crippen LogP contribution in [0.2, 0.25) is 5.02 Å². The van der Waals surface area contributed by atoms with Crippen molar-refractivity contribution in [3.05, 3.63) is 70.6 Å². The summed E-state index contributed by atoms with van der Waals surface area (Å²) in [5.41, 5.74) is 0.958. The molecule has 2 aromatic heterocycles. The smallest absolute Gasteiger partial charge is 0.350 e. The number of rotatable bonds is 5. The second-order valence-electron chi connectivity index (χ2n) is 5.74. The van der Waals surface area contributed by atoms with Crippen molar-refractivity contribution in [3.8, 4) is 0 Å². The van der Waals surface area contributed by atoms with Gasteiger partial charge in [0.25, 0.3) is 0 Å². The number of aromatic nitrogens is 3. The number of aryl methyl sites for hydroxylation is 1. The van der Waals surface area contributed by atoms with Crippen LogP contribution < -0.4 is 10.6 Å². The van der Waals surface area contributed by atoms with Gasteiger partial charge in [-0.25, -0.2) is 4.98 Å². The van der Waals surface area contributed by atoms with E-state index in [4.69, 9.17) is 11.6 Å². The van der Waals surface area contributed by atoms with Gasteiger partial charge in [-0.3, -0.25) is 4.98 Å². The highest BCUT2D eigenvalue weighted by atomic mass is 35.5. The van der Waals surface area contributed by atoms with Gasteiger partial charge in [0, 0.05) is 30.7 Å². The highest BCUT2D eigenvalue weighted by Crippen LogP contribution is 2.34. The third-order valence-corrected chi connectivity index (χ3v) is 3.94. The molecule has 1 aromatic carbocycles. The monoisotopic (exact) mass is 393 g/mol. The molecule has 3 rings (SSSR count). The molecule has 2 heterocycles. The molecule has 140 valence electrons. The predicted molar refractivity (Wildman–Crippen MR) is 98.1 cm³/mol. The lowest BCUT2D eigenvalue weighted by Crippen LogP contribution is -2.08. The first kappa shape index (κ1) is 18.9. The van der Waals surface area contributed by atoms with Crippen LogP contribution in [-0.4, -0.2) is 15.0 Å². The number of hydrogen-bond acceptors (Lipinski definition) is 5. The van der Waals surface area contributed by atoms with E-state index in [0.717, 1.165) is 17.7 Å². The van der Waals surface area contributed by atoms with E-state index in [1.54, 1.807) is 25.4 Å². The zero-order valence-electron chi connectivity index (χ0n) is 14.2. The van der Waals surface area contributed by atoms with E-state index in [-0.39, 0.29) is 10.7 Å². The standard InChI is InChI=1S/C18H15ClF3N5/c1-11-8-16(26-15-9-13(18(20,21)22)2-3-14(15)19)27-17(25-11)24-10-12-4-6-23-7-5-12/h2-9H,10H2,1H3,(H2,24,25,26,27). The van der Waals surface area contributed by atoms with Gasteiger partial charge in [0.05, 0.1) is 16.3 Å². The van der Waals surface area contributed by atoms with Crippen molar-refractivity contribution < 1.29 is 13.2 Å². The van der Waals surface area contributed by atoms with Gasteiger partial charge in [0.1, 0.15) is 5.82 Å². The molecule has 0 aliphatic rings. The minimum Gasteiger partial charge on any atom is -0.350 e. The van der Waals surface area contributed by atoms with Gasteiger partial charge in [-0.2, -0.15) is 18.2 Å². The van der Waals surface area contributed by atoms with Gasteiger partial charge in [0.2, 0.25) is 5.95 Å². The summed E-state index contributed by atoms with van der Waals surface area (Å²) in [6, 6.07) is 8.40. The Morgan fingerprint density at radius 2 is 1.78 bits per heavy atom. The lowest BCUT2D eigenvalue weighted by molar-refractivity contribution is -0.137. The lowest BCUT2D eigenvalue weighted by atomic mass is 10.2. The van der Waals surface area contributed by atoms with Crippen LogP contribution >= 0.6 is 11.6 Å². The number of halogens is 4. The summed E-state index contributed by atoms with van der Waals surface area (Å²) in [4.78, 5) is 12.5. The molecule has 9 heteroatoms. The van der Waals surface area contributed by atoms with Crippen molar-refractivity contribution in [2.75, 3.05) is 10.6 Å². The zero-order valence-corrected chi connectivity index (χ0v) is 14.9. The molecule has 0 spiro atoms. The number of pyridine rings is 1. The Kier molecular flexibility index (Phi) is 5.46. The molecule has 0 aliphatic carbocycles. The van der Waals surface area contributed by atoms with E-state index < -0.39 is 11.7 Å². The molecule has 0 amide bonds. The number of benzene rings is 1. The summed E-state index contributed by atoms with van der Waals surface area (Å²) in [6.45, 7) is 2.24. The summed E-state index contributed by atoms with van der Waals surface area (Å²) in [7, 11) is 0. The first-order chi connectivity index (χ1) is 12.8. The quantitative estimate of drug-likeness (QED) is 0.623. The Morgan fingerprint density at radius 1 is 1.04 bits per heavy atom. The molecule has 27 heavy (non-hydrogen) atoms.